The van der Waals surface area contributed by atoms with Crippen molar-refractivity contribution < 1.29 is 4.39 Å². The average molecular weight is 270 g/mol. The molecule has 0 aliphatic carbocycles. The summed E-state index contributed by atoms with van der Waals surface area (Å²) in [7, 11) is -0.689. The van der Waals surface area contributed by atoms with E-state index >= 15 is 0 Å². The zero-order valence-electron chi connectivity index (χ0n) is 10.1. The Balaban J connectivity index is 2.81. The van der Waals surface area contributed by atoms with Gasteiger partial charge in [0, 0.05) is 11.4 Å². The fraction of sp³-hybridized carbons (Fsp3) is 0.333. The molecular weight excluding hydrogens is 255 g/mol. The van der Waals surface area contributed by atoms with E-state index in [4.69, 9.17) is 17.5 Å². The summed E-state index contributed by atoms with van der Waals surface area (Å²) >= 11 is 5.21. The second-order valence-electron chi connectivity index (χ2n) is 4.55. The smallest absolute Gasteiger partial charge is 0.140 e. The van der Waals surface area contributed by atoms with Crippen LogP contribution in [-0.2, 0) is 0 Å². The lowest BCUT2D eigenvalue weighted by Gasteiger charge is -2.26. The fourth-order valence-corrected chi connectivity index (χ4v) is 2.00. The highest BCUT2D eigenvalue weighted by atomic mass is 32.3. The van der Waals surface area contributed by atoms with E-state index in [0.29, 0.717) is 10.6 Å². The van der Waals surface area contributed by atoms with Crippen molar-refractivity contribution in [3.63, 3.8) is 0 Å². The van der Waals surface area contributed by atoms with Crippen molar-refractivity contribution in [2.75, 3.05) is 24.6 Å². The van der Waals surface area contributed by atoms with E-state index in [9.17, 15) is 4.39 Å². The summed E-state index contributed by atoms with van der Waals surface area (Å²) in [6.07, 6.45) is 6.52. The summed E-state index contributed by atoms with van der Waals surface area (Å²) in [4.78, 5) is 0.559. The Kier molecular flexibility index (Phi) is 4.49. The van der Waals surface area contributed by atoms with Gasteiger partial charge in [-0.2, -0.15) is 5.26 Å². The van der Waals surface area contributed by atoms with E-state index < -0.39 is 15.8 Å². The first kappa shape index (κ1) is 13.9. The number of nitriles is 1. The van der Waals surface area contributed by atoms with Gasteiger partial charge in [-0.1, -0.05) is 12.2 Å². The molecule has 0 saturated heterocycles. The van der Waals surface area contributed by atoms with Crippen LogP contribution in [0.5, 0.6) is 0 Å². The van der Waals surface area contributed by atoms with Crippen LogP contribution in [0.15, 0.2) is 18.2 Å². The molecule has 0 heterocycles. The molecule has 1 rings (SSSR count). The summed E-state index contributed by atoms with van der Waals surface area (Å²) < 4.78 is 13.1. The summed E-state index contributed by atoms with van der Waals surface area (Å²) in [6.45, 7) is 0. The predicted molar refractivity (Wildman–Crippen MR) is 76.2 cm³/mol. The van der Waals surface area contributed by atoms with Crippen LogP contribution in [0.4, 0.5) is 4.39 Å². The average Bonchev–Trinajstić information content (AvgIpc) is 2.25. The second kappa shape index (κ2) is 5.48. The molecular formula is C12H15FN2S2. The minimum Gasteiger partial charge on any atom is -0.368 e. The molecule has 0 amide bonds. The van der Waals surface area contributed by atoms with Gasteiger partial charge in [-0.05, 0) is 37.0 Å². The van der Waals surface area contributed by atoms with Gasteiger partial charge < -0.3 is 5.32 Å². The topological polar surface area (TPSA) is 35.8 Å². The van der Waals surface area contributed by atoms with Crippen molar-refractivity contribution in [1.82, 2.24) is 5.32 Å². The lowest BCUT2D eigenvalue weighted by Crippen LogP contribution is -2.26. The molecule has 1 aromatic carbocycles. The highest BCUT2D eigenvalue weighted by Crippen LogP contribution is 2.32. The monoisotopic (exact) mass is 270 g/mol. The minimum absolute atomic E-state index is 0.0229. The van der Waals surface area contributed by atoms with Crippen LogP contribution in [0, 0.1) is 17.1 Å². The summed E-state index contributed by atoms with van der Waals surface area (Å²) in [5.41, 5.74) is 0.705. The lowest BCUT2D eigenvalue weighted by atomic mass is 10.1. The molecule has 1 N–H and O–H groups in total. The maximum Gasteiger partial charge on any atom is 0.140 e. The molecule has 2 nitrogen and oxygen atoms in total. The molecule has 17 heavy (non-hydrogen) atoms. The molecule has 0 spiro atoms. The number of hydrogen-bond donors (Lipinski definition) is 1. The third-order valence-electron chi connectivity index (χ3n) is 2.01. The van der Waals surface area contributed by atoms with E-state index in [0.717, 1.165) is 5.88 Å². The van der Waals surface area contributed by atoms with Crippen molar-refractivity contribution in [3.05, 3.63) is 35.1 Å². The highest BCUT2D eigenvalue weighted by molar-refractivity contribution is 8.32. The molecule has 0 radical (unpaired) electrons. The highest BCUT2D eigenvalue weighted by Gasteiger charge is 2.09. The van der Waals surface area contributed by atoms with Gasteiger partial charge in [0.05, 0.1) is 5.56 Å². The Bertz CT molecular complexity index is 472. The molecule has 1 aromatic rings. The van der Waals surface area contributed by atoms with E-state index in [2.05, 4.69) is 24.1 Å². The lowest BCUT2D eigenvalue weighted by molar-refractivity contribution is 0.624. The van der Waals surface area contributed by atoms with Gasteiger partial charge in [0.2, 0.25) is 0 Å². The van der Waals surface area contributed by atoms with Crippen LogP contribution in [-0.4, -0.2) is 29.6 Å². The van der Waals surface area contributed by atoms with E-state index in [1.807, 2.05) is 0 Å². The van der Waals surface area contributed by atoms with Gasteiger partial charge in [-0.25, -0.2) is 14.4 Å². The Morgan fingerprint density at radius 1 is 1.47 bits per heavy atom. The van der Waals surface area contributed by atoms with Crippen molar-refractivity contribution in [3.8, 4) is 6.07 Å². The number of thiocarbonyl (C=S) groups is 1. The molecule has 0 aromatic heterocycles. The first-order chi connectivity index (χ1) is 7.83. The molecule has 0 aliphatic heterocycles. The number of benzene rings is 1. The molecule has 92 valence electrons. The molecule has 0 bridgehead atoms. The van der Waals surface area contributed by atoms with E-state index in [1.165, 1.54) is 12.1 Å². The van der Waals surface area contributed by atoms with Crippen LogP contribution in [0.2, 0.25) is 0 Å². The van der Waals surface area contributed by atoms with Crippen molar-refractivity contribution in [2.45, 2.75) is 0 Å². The zero-order chi connectivity index (χ0) is 13.1. The Morgan fingerprint density at radius 2 is 2.12 bits per heavy atom. The van der Waals surface area contributed by atoms with Crippen LogP contribution >= 0.6 is 22.2 Å². The summed E-state index contributed by atoms with van der Waals surface area (Å²) in [5, 5.41) is 11.9. The molecule has 0 atom stereocenters. The van der Waals surface area contributed by atoms with Crippen LogP contribution in [0.25, 0.3) is 0 Å². The quantitative estimate of drug-likeness (QED) is 0.858. The standard InChI is InChI=1S/C12H15FN2S2/c1-17(2,3)8-15-12(16)9-4-5-11(13)10(6-9)7-14/h4-6H,8H2,1-3H3,(H,15,16). The first-order valence-electron chi connectivity index (χ1n) is 4.97. The normalized spacial score (nSPS) is 11.7. The van der Waals surface area contributed by atoms with Crippen molar-refractivity contribution in [2.24, 2.45) is 0 Å². The van der Waals surface area contributed by atoms with E-state index in [1.54, 1.807) is 12.1 Å². The van der Waals surface area contributed by atoms with Gasteiger partial charge >= 0.3 is 0 Å². The maximum atomic E-state index is 13.1. The number of nitrogens with one attached hydrogen (secondary N) is 1. The van der Waals surface area contributed by atoms with Crippen LogP contribution < -0.4 is 5.32 Å². The Hall–Kier alpha value is -1.12. The van der Waals surface area contributed by atoms with Gasteiger partial charge in [0.1, 0.15) is 16.9 Å². The Labute approximate surface area is 108 Å². The summed E-state index contributed by atoms with van der Waals surface area (Å²) in [6, 6.07) is 6.14. The third-order valence-corrected chi connectivity index (χ3v) is 3.41. The van der Waals surface area contributed by atoms with Crippen molar-refractivity contribution in [1.29, 1.82) is 5.26 Å². The molecule has 0 fully saturated rings. The summed E-state index contributed by atoms with van der Waals surface area (Å²) in [5.74, 6) is 0.297. The number of rotatable bonds is 3. The van der Waals surface area contributed by atoms with Gasteiger partial charge in [-0.15, -0.1) is 0 Å². The third kappa shape index (κ3) is 4.33. The molecule has 0 saturated carbocycles. The van der Waals surface area contributed by atoms with Gasteiger partial charge in [0.15, 0.2) is 0 Å². The molecule has 0 unspecified atom stereocenters. The number of halogens is 1. The number of nitrogens with zero attached hydrogens (tertiary/aromatic N) is 1. The van der Waals surface area contributed by atoms with E-state index in [-0.39, 0.29) is 5.56 Å². The van der Waals surface area contributed by atoms with Crippen LogP contribution in [0.3, 0.4) is 0 Å². The fourth-order valence-electron chi connectivity index (χ4n) is 1.14. The SMILES string of the molecule is CS(C)(C)CNC(=S)c1ccc(F)c(C#N)c1. The maximum absolute atomic E-state index is 13.1. The minimum atomic E-state index is -0.689. The van der Waals surface area contributed by atoms with Gasteiger partial charge in [-0.3, -0.25) is 0 Å². The second-order valence-corrected chi connectivity index (χ2v) is 9.43. The number of hydrogen-bond acceptors (Lipinski definition) is 2. The largest absolute Gasteiger partial charge is 0.368 e. The predicted octanol–water partition coefficient (Wildman–Crippen LogP) is 2.61. The Morgan fingerprint density at radius 3 is 2.65 bits per heavy atom. The molecule has 0 aliphatic rings. The first-order valence-corrected chi connectivity index (χ1v) is 8.41. The molecule has 5 heteroatoms. The zero-order valence-corrected chi connectivity index (χ0v) is 11.7. The van der Waals surface area contributed by atoms with Gasteiger partial charge in [0.25, 0.3) is 0 Å². The van der Waals surface area contributed by atoms with Crippen molar-refractivity contribution >= 4 is 27.2 Å². The van der Waals surface area contributed by atoms with Crippen LogP contribution in [0.1, 0.15) is 11.1 Å².